The number of nitrogens with two attached hydrogens (primary N) is 1. The van der Waals surface area contributed by atoms with Gasteiger partial charge in [-0.1, -0.05) is 0 Å². The first kappa shape index (κ1) is 12.2. The van der Waals surface area contributed by atoms with Gasteiger partial charge in [0.25, 0.3) is 0 Å². The Morgan fingerprint density at radius 1 is 1.53 bits per heavy atom. The quantitative estimate of drug-likeness (QED) is 0.555. The molecule has 2 aliphatic heterocycles. The fraction of sp³-hybridized carbons (Fsp3) is 0.889. The highest BCUT2D eigenvalue weighted by Gasteiger charge is 2.50. The van der Waals surface area contributed by atoms with E-state index in [2.05, 4.69) is 5.29 Å². The number of fused-ring (bicyclic) bond motifs is 1. The molecule has 2 N–H and O–H groups in total. The van der Waals surface area contributed by atoms with Crippen molar-refractivity contribution in [3.63, 3.8) is 0 Å². The number of primary amides is 1. The Balaban J connectivity index is 1.99. The zero-order valence-corrected chi connectivity index (χ0v) is 9.66. The third-order valence-electron chi connectivity index (χ3n) is 2.77. The summed E-state index contributed by atoms with van der Waals surface area (Å²) in [7, 11) is 0. The second-order valence-electron chi connectivity index (χ2n) is 4.51. The van der Waals surface area contributed by atoms with Gasteiger partial charge in [-0.05, 0) is 13.8 Å². The second kappa shape index (κ2) is 4.21. The Morgan fingerprint density at radius 3 is 2.82 bits per heavy atom. The van der Waals surface area contributed by atoms with Gasteiger partial charge in [0.05, 0.1) is 18.4 Å². The van der Waals surface area contributed by atoms with Crippen molar-refractivity contribution in [3.8, 4) is 0 Å². The first-order chi connectivity index (χ1) is 7.93. The zero-order valence-electron chi connectivity index (χ0n) is 9.66. The molecule has 2 aliphatic rings. The molecule has 8 nitrogen and oxygen atoms in total. The van der Waals surface area contributed by atoms with Gasteiger partial charge in [-0.2, -0.15) is 5.01 Å². The summed E-state index contributed by atoms with van der Waals surface area (Å²) in [5.41, 5.74) is 4.98. The summed E-state index contributed by atoms with van der Waals surface area (Å²) in [6.07, 6.45) is -0.947. The Bertz CT molecular complexity index is 335. The van der Waals surface area contributed by atoms with Gasteiger partial charge in [0.2, 0.25) is 0 Å². The van der Waals surface area contributed by atoms with Crippen LogP contribution in [0.3, 0.4) is 0 Å². The van der Waals surface area contributed by atoms with E-state index in [0.29, 0.717) is 11.6 Å². The molecular formula is C9H15N3O5. The number of carbonyl (C=O) groups excluding carboxylic acids is 1. The van der Waals surface area contributed by atoms with E-state index in [9.17, 15) is 9.70 Å². The predicted octanol–water partition coefficient (Wildman–Crippen LogP) is -0.0326. The predicted molar refractivity (Wildman–Crippen MR) is 55.6 cm³/mol. The van der Waals surface area contributed by atoms with Crippen molar-refractivity contribution >= 4 is 6.03 Å². The molecule has 0 aromatic heterocycles. The molecule has 0 aliphatic carbocycles. The summed E-state index contributed by atoms with van der Waals surface area (Å²) in [6.45, 7) is 3.93. The van der Waals surface area contributed by atoms with Gasteiger partial charge in [0.1, 0.15) is 18.3 Å². The average Bonchev–Trinajstić information content (AvgIpc) is 2.70. The molecule has 0 spiro atoms. The highest BCUT2D eigenvalue weighted by molar-refractivity contribution is 5.71. The normalized spacial score (nSPS) is 34.4. The standard InChI is InChI=1S/C9H15N3O5/c1-9(2)16-6-4-15-5(7(6)17-9)3-12(11-14)8(10)13/h5-7H,3-4H2,1-2H3,(H2,10,13)/t5-,6-,7+/m1/s1. The second-order valence-corrected chi connectivity index (χ2v) is 4.51. The van der Waals surface area contributed by atoms with Gasteiger partial charge in [0.15, 0.2) is 5.79 Å². The van der Waals surface area contributed by atoms with Crippen LogP contribution in [-0.4, -0.2) is 48.3 Å². The van der Waals surface area contributed by atoms with Crippen LogP contribution >= 0.6 is 0 Å². The Kier molecular flexibility index (Phi) is 3.02. The van der Waals surface area contributed by atoms with Crippen molar-refractivity contribution in [2.24, 2.45) is 11.0 Å². The lowest BCUT2D eigenvalue weighted by Gasteiger charge is -2.23. The molecule has 2 rings (SSSR count). The van der Waals surface area contributed by atoms with Crippen LogP contribution in [0.5, 0.6) is 0 Å². The molecule has 0 aromatic rings. The fourth-order valence-corrected chi connectivity index (χ4v) is 2.11. The number of rotatable bonds is 3. The summed E-state index contributed by atoms with van der Waals surface area (Å²) in [5.74, 6) is -0.677. The van der Waals surface area contributed by atoms with Crippen LogP contribution in [0.15, 0.2) is 5.29 Å². The molecule has 0 aromatic carbocycles. The van der Waals surface area contributed by atoms with Crippen molar-refractivity contribution in [2.45, 2.75) is 37.9 Å². The van der Waals surface area contributed by atoms with Crippen LogP contribution in [0.4, 0.5) is 4.79 Å². The van der Waals surface area contributed by atoms with Crippen LogP contribution in [0, 0.1) is 4.91 Å². The third-order valence-corrected chi connectivity index (χ3v) is 2.77. The van der Waals surface area contributed by atoms with Crippen LogP contribution in [0.2, 0.25) is 0 Å². The number of carbonyl (C=O) groups is 1. The van der Waals surface area contributed by atoms with Crippen LogP contribution in [0.25, 0.3) is 0 Å². The molecule has 3 atom stereocenters. The van der Waals surface area contributed by atoms with Crippen molar-refractivity contribution in [1.82, 2.24) is 5.01 Å². The van der Waals surface area contributed by atoms with Gasteiger partial charge in [0, 0.05) is 0 Å². The van der Waals surface area contributed by atoms with Crippen molar-refractivity contribution in [1.29, 1.82) is 0 Å². The lowest BCUT2D eigenvalue weighted by Crippen LogP contribution is -2.42. The fourth-order valence-electron chi connectivity index (χ4n) is 2.11. The van der Waals surface area contributed by atoms with Crippen LogP contribution < -0.4 is 5.73 Å². The number of nitrogens with zero attached hydrogens (tertiary/aromatic N) is 2. The third kappa shape index (κ3) is 2.38. The van der Waals surface area contributed by atoms with Crippen molar-refractivity contribution in [2.75, 3.05) is 13.2 Å². The number of amides is 2. The molecule has 2 heterocycles. The molecular weight excluding hydrogens is 230 g/mol. The Hall–Kier alpha value is -1.25. The SMILES string of the molecule is CC1(C)O[C@H]2[C@@H](CN(N=O)C(N)=O)OC[C@H]2O1. The molecule has 0 radical (unpaired) electrons. The minimum absolute atomic E-state index is 0.0283. The Labute approximate surface area is 97.9 Å². The van der Waals surface area contributed by atoms with Gasteiger partial charge < -0.3 is 19.9 Å². The molecule has 0 saturated carbocycles. The number of nitroso groups, excluding NO2 is 1. The topological polar surface area (TPSA) is 103 Å². The van der Waals surface area contributed by atoms with Gasteiger partial charge in [-0.3, -0.25) is 0 Å². The number of hydrogen-bond donors (Lipinski definition) is 1. The number of hydrogen-bond acceptors (Lipinski definition) is 6. The summed E-state index contributed by atoms with van der Waals surface area (Å²) in [5, 5.41) is 3.15. The summed E-state index contributed by atoms with van der Waals surface area (Å²) in [4.78, 5) is 21.3. The molecule has 8 heteroatoms. The largest absolute Gasteiger partial charge is 0.371 e. The summed E-state index contributed by atoms with van der Waals surface area (Å²) in [6, 6.07) is -0.912. The monoisotopic (exact) mass is 245 g/mol. The highest BCUT2D eigenvalue weighted by Crippen LogP contribution is 2.35. The molecule has 2 amide bonds. The number of ether oxygens (including phenoxy) is 3. The highest BCUT2D eigenvalue weighted by atomic mass is 16.8. The van der Waals surface area contributed by atoms with E-state index in [1.807, 2.05) is 0 Å². The number of urea groups is 1. The van der Waals surface area contributed by atoms with Gasteiger partial charge in [-0.25, -0.2) is 4.79 Å². The summed E-state index contributed by atoms with van der Waals surface area (Å²) < 4.78 is 16.6. The van der Waals surface area contributed by atoms with E-state index in [1.165, 1.54) is 0 Å². The smallest absolute Gasteiger partial charge is 0.337 e. The maximum atomic E-state index is 10.9. The van der Waals surface area contributed by atoms with E-state index >= 15 is 0 Å². The minimum Gasteiger partial charge on any atom is -0.371 e. The molecule has 17 heavy (non-hydrogen) atoms. The van der Waals surface area contributed by atoms with Crippen molar-refractivity contribution in [3.05, 3.63) is 4.91 Å². The van der Waals surface area contributed by atoms with Crippen molar-refractivity contribution < 1.29 is 19.0 Å². The van der Waals surface area contributed by atoms with Crippen LogP contribution in [0.1, 0.15) is 13.8 Å². The molecule has 2 fully saturated rings. The lowest BCUT2D eigenvalue weighted by atomic mass is 10.1. The maximum Gasteiger partial charge on any atom is 0.337 e. The van der Waals surface area contributed by atoms with E-state index in [4.69, 9.17) is 19.9 Å². The Morgan fingerprint density at radius 2 is 2.24 bits per heavy atom. The molecule has 0 bridgehead atoms. The minimum atomic E-state index is -0.912. The molecule has 96 valence electrons. The first-order valence-corrected chi connectivity index (χ1v) is 5.30. The zero-order chi connectivity index (χ0) is 12.6. The van der Waals surface area contributed by atoms with E-state index in [0.717, 1.165) is 0 Å². The summed E-state index contributed by atoms with van der Waals surface area (Å²) >= 11 is 0. The molecule has 0 unspecified atom stereocenters. The first-order valence-electron chi connectivity index (χ1n) is 5.30. The van der Waals surface area contributed by atoms with E-state index < -0.39 is 17.9 Å². The van der Waals surface area contributed by atoms with Gasteiger partial charge >= 0.3 is 6.03 Å². The molecule has 2 saturated heterocycles. The van der Waals surface area contributed by atoms with E-state index in [-0.39, 0.29) is 18.8 Å². The van der Waals surface area contributed by atoms with Crippen LogP contribution in [-0.2, 0) is 14.2 Å². The van der Waals surface area contributed by atoms with Gasteiger partial charge in [-0.15, -0.1) is 4.91 Å². The maximum absolute atomic E-state index is 10.9. The van der Waals surface area contributed by atoms with E-state index in [1.54, 1.807) is 13.8 Å². The average molecular weight is 245 g/mol. The lowest BCUT2D eigenvalue weighted by molar-refractivity contribution is -0.175.